The number of Topliss-reactive ketones (excluding diaryl/α,β-unsaturated/α-hetero) is 1. The second-order valence-corrected chi connectivity index (χ2v) is 13.0. The molecule has 0 aromatic heterocycles. The minimum absolute atomic E-state index is 0.0389. The van der Waals surface area contributed by atoms with Crippen LogP contribution in [0, 0.1) is 0 Å². The SMILES string of the molecule is CCCOc1c(OCCCN2CCCC2)cc([C@@H]2CC[C@@H](c3cc(OC)c(OC)c(OC)c3)O2)cc1S(=O)(=O)CC(C)=O. The first-order valence-corrected chi connectivity index (χ1v) is 16.7. The van der Waals surface area contributed by atoms with E-state index in [0.29, 0.717) is 61.0 Å². The van der Waals surface area contributed by atoms with Crippen molar-refractivity contribution in [1.82, 2.24) is 4.90 Å². The quantitative estimate of drug-likeness (QED) is 0.229. The lowest BCUT2D eigenvalue weighted by molar-refractivity contribution is -0.114. The van der Waals surface area contributed by atoms with E-state index in [-0.39, 0.29) is 16.7 Å². The lowest BCUT2D eigenvalue weighted by atomic mass is 10.0. The van der Waals surface area contributed by atoms with Crippen LogP contribution in [0.5, 0.6) is 28.7 Å². The lowest BCUT2D eigenvalue weighted by Gasteiger charge is -2.21. The molecule has 0 saturated carbocycles. The second kappa shape index (κ2) is 15.1. The number of ether oxygens (including phenoxy) is 6. The van der Waals surface area contributed by atoms with Crippen molar-refractivity contribution in [2.45, 2.75) is 69.5 Å². The van der Waals surface area contributed by atoms with Crippen molar-refractivity contribution in [3.05, 3.63) is 35.4 Å². The van der Waals surface area contributed by atoms with Crippen molar-refractivity contribution < 1.29 is 41.6 Å². The number of nitrogens with zero attached hydrogens (tertiary/aromatic N) is 1. The van der Waals surface area contributed by atoms with Gasteiger partial charge in [-0.2, -0.15) is 0 Å². The second-order valence-electron chi connectivity index (χ2n) is 11.1. The summed E-state index contributed by atoms with van der Waals surface area (Å²) in [7, 11) is 0.693. The number of methoxy groups -OCH3 is 3. The highest BCUT2D eigenvalue weighted by Crippen LogP contribution is 2.48. The fourth-order valence-electron chi connectivity index (χ4n) is 5.70. The molecule has 4 rings (SSSR count). The molecule has 238 valence electrons. The third-order valence-electron chi connectivity index (χ3n) is 7.75. The Labute approximate surface area is 255 Å². The summed E-state index contributed by atoms with van der Waals surface area (Å²) in [5.74, 6) is 1.01. The molecule has 0 spiro atoms. The highest BCUT2D eigenvalue weighted by molar-refractivity contribution is 7.92. The zero-order chi connectivity index (χ0) is 31.0. The topological polar surface area (TPSA) is 110 Å². The Bertz CT molecular complexity index is 1330. The molecule has 2 heterocycles. The van der Waals surface area contributed by atoms with Gasteiger partial charge in [-0.15, -0.1) is 0 Å². The van der Waals surface area contributed by atoms with Gasteiger partial charge in [0.15, 0.2) is 32.8 Å². The van der Waals surface area contributed by atoms with Gasteiger partial charge >= 0.3 is 0 Å². The van der Waals surface area contributed by atoms with Crippen molar-refractivity contribution in [3.8, 4) is 28.7 Å². The lowest BCUT2D eigenvalue weighted by Crippen LogP contribution is -2.22. The van der Waals surface area contributed by atoms with Crippen LogP contribution in [-0.4, -0.2) is 79.0 Å². The Balaban J connectivity index is 1.66. The van der Waals surface area contributed by atoms with Gasteiger partial charge in [0, 0.05) is 6.54 Å². The third-order valence-corrected chi connectivity index (χ3v) is 9.51. The Morgan fingerprint density at radius 3 is 2.02 bits per heavy atom. The first-order valence-electron chi connectivity index (χ1n) is 15.0. The summed E-state index contributed by atoms with van der Waals surface area (Å²) in [4.78, 5) is 14.3. The third kappa shape index (κ3) is 8.13. The van der Waals surface area contributed by atoms with Crippen LogP contribution in [0.3, 0.4) is 0 Å². The van der Waals surface area contributed by atoms with Gasteiger partial charge in [-0.3, -0.25) is 4.79 Å². The summed E-state index contributed by atoms with van der Waals surface area (Å²) < 4.78 is 62.2. The predicted octanol–water partition coefficient (Wildman–Crippen LogP) is 5.32. The van der Waals surface area contributed by atoms with E-state index >= 15 is 0 Å². The molecule has 0 N–H and O–H groups in total. The molecule has 2 fully saturated rings. The van der Waals surface area contributed by atoms with Gasteiger partial charge in [0.25, 0.3) is 0 Å². The molecule has 2 saturated heterocycles. The molecule has 2 aromatic rings. The van der Waals surface area contributed by atoms with Crippen molar-refractivity contribution in [3.63, 3.8) is 0 Å². The van der Waals surface area contributed by atoms with Crippen LogP contribution >= 0.6 is 0 Å². The average Bonchev–Trinajstić information content (AvgIpc) is 3.70. The standard InChI is InChI=1S/C32H45NO9S/c1-6-15-41-32-29(40-16-9-14-33-12-7-8-13-33)19-24(20-30(32)43(35,36)21-22(2)34)26-11-10-25(42-26)23-17-27(37-3)31(39-5)28(18-23)38-4/h17-20,25-26H,6-16,21H2,1-5H3/t25-,26-/m0/s1. The number of carbonyl (C=O) groups excluding carboxylic acids is 1. The molecule has 2 aliphatic rings. The molecule has 0 amide bonds. The van der Waals surface area contributed by atoms with Gasteiger partial charge in [0.2, 0.25) is 5.75 Å². The van der Waals surface area contributed by atoms with Crippen LogP contribution in [0.4, 0.5) is 0 Å². The van der Waals surface area contributed by atoms with Crippen LogP contribution < -0.4 is 23.7 Å². The molecule has 11 heteroatoms. The van der Waals surface area contributed by atoms with Crippen molar-refractivity contribution in [1.29, 1.82) is 0 Å². The number of carbonyl (C=O) groups is 1. The molecule has 2 aliphatic heterocycles. The van der Waals surface area contributed by atoms with Gasteiger partial charge in [-0.1, -0.05) is 6.92 Å². The van der Waals surface area contributed by atoms with E-state index in [1.807, 2.05) is 25.1 Å². The molecule has 43 heavy (non-hydrogen) atoms. The molecular formula is C32H45NO9S. The number of sulfone groups is 1. The average molecular weight is 620 g/mol. The van der Waals surface area contributed by atoms with Crippen LogP contribution in [0.25, 0.3) is 0 Å². The Hall–Kier alpha value is -3.02. The smallest absolute Gasteiger partial charge is 0.203 e. The van der Waals surface area contributed by atoms with Gasteiger partial charge < -0.3 is 33.3 Å². The molecule has 2 aromatic carbocycles. The Morgan fingerprint density at radius 1 is 0.860 bits per heavy atom. The molecule has 0 aliphatic carbocycles. The fourth-order valence-corrected chi connectivity index (χ4v) is 7.15. The van der Waals surface area contributed by atoms with E-state index in [4.69, 9.17) is 28.4 Å². The zero-order valence-electron chi connectivity index (χ0n) is 26.0. The van der Waals surface area contributed by atoms with Crippen LogP contribution in [0.15, 0.2) is 29.2 Å². The largest absolute Gasteiger partial charge is 0.493 e. The maximum atomic E-state index is 13.5. The van der Waals surface area contributed by atoms with Gasteiger partial charge in [-0.25, -0.2) is 8.42 Å². The molecule has 0 bridgehead atoms. The number of hydrogen-bond donors (Lipinski definition) is 0. The minimum atomic E-state index is -4.00. The minimum Gasteiger partial charge on any atom is -0.493 e. The number of ketones is 1. The predicted molar refractivity (Wildman–Crippen MR) is 163 cm³/mol. The number of likely N-dealkylation sites (tertiary alicyclic amines) is 1. The first kappa shape index (κ1) is 32.9. The van der Waals surface area contributed by atoms with Crippen molar-refractivity contribution in [2.24, 2.45) is 0 Å². The normalized spacial score (nSPS) is 18.9. The Kier molecular flexibility index (Phi) is 11.6. The summed E-state index contributed by atoms with van der Waals surface area (Å²) in [6.45, 7) is 7.06. The maximum absolute atomic E-state index is 13.5. The maximum Gasteiger partial charge on any atom is 0.203 e. The summed E-state index contributed by atoms with van der Waals surface area (Å²) >= 11 is 0. The van der Waals surface area contributed by atoms with E-state index in [1.165, 1.54) is 19.8 Å². The summed E-state index contributed by atoms with van der Waals surface area (Å²) in [5.41, 5.74) is 1.53. The van der Waals surface area contributed by atoms with Gasteiger partial charge in [0.05, 0.1) is 46.8 Å². The first-order chi connectivity index (χ1) is 20.7. The molecule has 2 atom stereocenters. The number of hydrogen-bond acceptors (Lipinski definition) is 10. The zero-order valence-corrected chi connectivity index (χ0v) is 26.8. The van der Waals surface area contributed by atoms with E-state index in [0.717, 1.165) is 31.6 Å². The Morgan fingerprint density at radius 2 is 1.47 bits per heavy atom. The highest BCUT2D eigenvalue weighted by atomic mass is 32.2. The van der Waals surface area contributed by atoms with Gasteiger partial charge in [-0.05, 0) is 93.9 Å². The molecule has 0 radical (unpaired) electrons. The van der Waals surface area contributed by atoms with Crippen LogP contribution in [-0.2, 0) is 19.4 Å². The summed E-state index contributed by atoms with van der Waals surface area (Å²) in [5, 5.41) is 0. The van der Waals surface area contributed by atoms with Crippen LogP contribution in [0.2, 0.25) is 0 Å². The van der Waals surface area contributed by atoms with Crippen molar-refractivity contribution in [2.75, 3.05) is 59.9 Å². The van der Waals surface area contributed by atoms with E-state index < -0.39 is 27.5 Å². The van der Waals surface area contributed by atoms with Crippen LogP contribution in [0.1, 0.15) is 75.7 Å². The summed E-state index contributed by atoms with van der Waals surface area (Å²) in [6.07, 6.45) is 4.58. The molecule has 10 nitrogen and oxygen atoms in total. The fraction of sp³-hybridized carbons (Fsp3) is 0.594. The number of rotatable bonds is 16. The summed E-state index contributed by atoms with van der Waals surface area (Å²) in [6, 6.07) is 7.15. The molecule has 0 unspecified atom stereocenters. The number of benzene rings is 2. The van der Waals surface area contributed by atoms with Gasteiger partial charge in [0.1, 0.15) is 16.4 Å². The molecular weight excluding hydrogens is 574 g/mol. The van der Waals surface area contributed by atoms with Crippen molar-refractivity contribution >= 4 is 15.6 Å². The van der Waals surface area contributed by atoms with E-state index in [1.54, 1.807) is 27.4 Å². The highest BCUT2D eigenvalue weighted by Gasteiger charge is 2.33. The van der Waals surface area contributed by atoms with E-state index in [9.17, 15) is 13.2 Å². The van der Waals surface area contributed by atoms with E-state index in [2.05, 4.69) is 4.90 Å². The monoisotopic (exact) mass is 619 g/mol.